The molecule has 2 rings (SSSR count). The Labute approximate surface area is 144 Å². The van der Waals surface area contributed by atoms with E-state index < -0.39 is 11.9 Å². The van der Waals surface area contributed by atoms with Gasteiger partial charge in [-0.05, 0) is 36.1 Å². The number of likely N-dealkylation sites (tertiary alicyclic amines) is 1. The predicted octanol–water partition coefficient (Wildman–Crippen LogP) is 2.07. The van der Waals surface area contributed by atoms with E-state index in [0.717, 1.165) is 5.92 Å². The second-order valence-corrected chi connectivity index (χ2v) is 8.30. The van der Waals surface area contributed by atoms with Crippen LogP contribution in [0.2, 0.25) is 0 Å². The van der Waals surface area contributed by atoms with Crippen molar-refractivity contribution < 1.29 is 19.8 Å². The SMILES string of the molecule is CC(C)CCN1CC2(C)CNCC(C)(C1)C2.O=C(O)C=CC(=O)O. The minimum absolute atomic E-state index is 0.516. The molecule has 24 heavy (non-hydrogen) atoms. The number of piperidine rings is 2. The lowest BCUT2D eigenvalue weighted by atomic mass is 9.66. The van der Waals surface area contributed by atoms with Crippen LogP contribution in [0.15, 0.2) is 12.2 Å². The molecule has 2 aliphatic rings. The summed E-state index contributed by atoms with van der Waals surface area (Å²) in [6, 6.07) is 0. The highest BCUT2D eigenvalue weighted by Gasteiger charge is 2.45. The van der Waals surface area contributed by atoms with Crippen LogP contribution in [-0.4, -0.2) is 59.8 Å². The summed E-state index contributed by atoms with van der Waals surface area (Å²) in [5.41, 5.74) is 1.03. The van der Waals surface area contributed by atoms with E-state index in [0.29, 0.717) is 23.0 Å². The molecule has 0 aromatic heterocycles. The maximum atomic E-state index is 9.55. The van der Waals surface area contributed by atoms with Gasteiger partial charge < -0.3 is 20.4 Å². The Bertz CT molecular complexity index is 444. The fourth-order valence-electron chi connectivity index (χ4n) is 3.92. The highest BCUT2D eigenvalue weighted by molar-refractivity contribution is 5.89. The van der Waals surface area contributed by atoms with Gasteiger partial charge in [0.25, 0.3) is 0 Å². The molecule has 2 bridgehead atoms. The molecule has 0 aliphatic carbocycles. The van der Waals surface area contributed by atoms with Crippen LogP contribution in [0.25, 0.3) is 0 Å². The first kappa shape index (κ1) is 20.6. The summed E-state index contributed by atoms with van der Waals surface area (Å²) in [5.74, 6) is -1.68. The van der Waals surface area contributed by atoms with Crippen molar-refractivity contribution in [2.75, 3.05) is 32.7 Å². The van der Waals surface area contributed by atoms with Gasteiger partial charge in [0.15, 0.2) is 0 Å². The summed E-state index contributed by atoms with van der Waals surface area (Å²) in [6.07, 6.45) is 3.87. The lowest BCUT2D eigenvalue weighted by Crippen LogP contribution is -2.61. The summed E-state index contributed by atoms with van der Waals surface area (Å²) in [7, 11) is 0. The highest BCUT2D eigenvalue weighted by atomic mass is 16.4. The number of carboxylic acids is 2. The molecule has 2 saturated heterocycles. The van der Waals surface area contributed by atoms with E-state index in [4.69, 9.17) is 10.2 Å². The summed E-state index contributed by atoms with van der Waals surface area (Å²) in [6.45, 7) is 15.9. The fraction of sp³-hybridized carbons (Fsp3) is 0.778. The quantitative estimate of drug-likeness (QED) is 0.664. The van der Waals surface area contributed by atoms with Gasteiger partial charge in [0.2, 0.25) is 0 Å². The molecule has 0 radical (unpaired) electrons. The van der Waals surface area contributed by atoms with Gasteiger partial charge in [0.05, 0.1) is 0 Å². The van der Waals surface area contributed by atoms with Crippen molar-refractivity contribution >= 4 is 11.9 Å². The van der Waals surface area contributed by atoms with Gasteiger partial charge >= 0.3 is 11.9 Å². The third-order valence-electron chi connectivity index (χ3n) is 4.56. The van der Waals surface area contributed by atoms with Gasteiger partial charge in [0, 0.05) is 38.3 Å². The molecule has 138 valence electrons. The molecule has 2 heterocycles. The zero-order valence-electron chi connectivity index (χ0n) is 15.3. The van der Waals surface area contributed by atoms with Crippen molar-refractivity contribution in [1.29, 1.82) is 0 Å². The second kappa shape index (κ2) is 8.62. The Morgan fingerprint density at radius 2 is 1.54 bits per heavy atom. The molecular weight excluding hydrogens is 308 g/mol. The van der Waals surface area contributed by atoms with Crippen LogP contribution < -0.4 is 5.32 Å². The average Bonchev–Trinajstić information content (AvgIpc) is 2.41. The van der Waals surface area contributed by atoms with Gasteiger partial charge in [0.1, 0.15) is 0 Å². The van der Waals surface area contributed by atoms with Crippen molar-refractivity contribution in [3.8, 4) is 0 Å². The van der Waals surface area contributed by atoms with E-state index >= 15 is 0 Å². The average molecular weight is 340 g/mol. The molecule has 0 saturated carbocycles. The van der Waals surface area contributed by atoms with Gasteiger partial charge in [-0.15, -0.1) is 0 Å². The van der Waals surface area contributed by atoms with E-state index in [-0.39, 0.29) is 0 Å². The Morgan fingerprint density at radius 1 is 1.08 bits per heavy atom. The number of fused-ring (bicyclic) bond motifs is 2. The lowest BCUT2D eigenvalue weighted by molar-refractivity contribution is -0.134. The molecule has 0 aromatic rings. The monoisotopic (exact) mass is 340 g/mol. The number of carbonyl (C=O) groups is 2. The van der Waals surface area contributed by atoms with Gasteiger partial charge in [-0.25, -0.2) is 9.59 Å². The van der Waals surface area contributed by atoms with Crippen molar-refractivity contribution in [1.82, 2.24) is 10.2 Å². The molecule has 0 aromatic carbocycles. The number of nitrogens with one attached hydrogen (secondary N) is 1. The zero-order chi connectivity index (χ0) is 18.4. The molecule has 2 atom stereocenters. The van der Waals surface area contributed by atoms with Crippen LogP contribution in [-0.2, 0) is 9.59 Å². The topological polar surface area (TPSA) is 89.9 Å². The molecule has 6 nitrogen and oxygen atoms in total. The Hall–Kier alpha value is -1.40. The maximum Gasteiger partial charge on any atom is 0.328 e. The fourth-order valence-corrected chi connectivity index (χ4v) is 3.92. The highest BCUT2D eigenvalue weighted by Crippen LogP contribution is 2.42. The number of aliphatic carboxylic acids is 2. The second-order valence-electron chi connectivity index (χ2n) is 8.30. The number of hydrogen-bond acceptors (Lipinski definition) is 4. The molecular formula is C18H32N2O4. The number of rotatable bonds is 5. The number of carboxylic acid groups (broad SMARTS) is 2. The van der Waals surface area contributed by atoms with Gasteiger partial charge in [-0.1, -0.05) is 27.7 Å². The molecule has 2 aliphatic heterocycles. The van der Waals surface area contributed by atoms with Gasteiger partial charge in [-0.3, -0.25) is 0 Å². The van der Waals surface area contributed by atoms with Crippen molar-refractivity contribution in [3.05, 3.63) is 12.2 Å². The number of nitrogens with zero attached hydrogens (tertiary/aromatic N) is 1. The number of hydrogen-bond donors (Lipinski definition) is 3. The van der Waals surface area contributed by atoms with E-state index in [9.17, 15) is 9.59 Å². The van der Waals surface area contributed by atoms with Crippen LogP contribution in [0.1, 0.15) is 40.5 Å². The standard InChI is InChI=1S/C14H28N2.C4H4O4/c1-12(2)5-6-16-10-13(3)7-14(4,11-16)9-15-8-13;5-3(6)1-2-4(7)8/h12,15H,5-11H2,1-4H3;1-2H,(H,5,6)(H,7,8). The molecule has 2 fully saturated rings. The normalized spacial score (nSPS) is 30.0. The van der Waals surface area contributed by atoms with Gasteiger partial charge in [-0.2, -0.15) is 0 Å². The van der Waals surface area contributed by atoms with Crippen molar-refractivity contribution in [2.24, 2.45) is 16.7 Å². The largest absolute Gasteiger partial charge is 0.478 e. The van der Waals surface area contributed by atoms with Crippen LogP contribution in [0, 0.1) is 16.7 Å². The molecule has 6 heteroatoms. The first-order valence-electron chi connectivity index (χ1n) is 8.61. The maximum absolute atomic E-state index is 9.55. The predicted molar refractivity (Wildman–Crippen MR) is 94.0 cm³/mol. The molecule has 3 N–H and O–H groups in total. The van der Waals surface area contributed by atoms with E-state index in [1.54, 1.807) is 0 Å². The van der Waals surface area contributed by atoms with Crippen molar-refractivity contribution in [3.63, 3.8) is 0 Å². The van der Waals surface area contributed by atoms with Crippen LogP contribution in [0.3, 0.4) is 0 Å². The Kier molecular flexibility index (Phi) is 7.42. The summed E-state index contributed by atoms with van der Waals surface area (Å²) in [5, 5.41) is 19.3. The summed E-state index contributed by atoms with van der Waals surface area (Å²) < 4.78 is 0. The zero-order valence-corrected chi connectivity index (χ0v) is 15.3. The van der Waals surface area contributed by atoms with Crippen LogP contribution in [0.5, 0.6) is 0 Å². The first-order valence-corrected chi connectivity index (χ1v) is 8.61. The minimum atomic E-state index is -1.26. The smallest absolute Gasteiger partial charge is 0.328 e. The lowest BCUT2D eigenvalue weighted by Gasteiger charge is -2.54. The van der Waals surface area contributed by atoms with E-state index in [1.807, 2.05) is 0 Å². The first-order chi connectivity index (χ1) is 11.0. The third kappa shape index (κ3) is 7.45. The molecule has 2 unspecified atom stereocenters. The molecule has 0 spiro atoms. The molecule has 0 amide bonds. The summed E-state index contributed by atoms with van der Waals surface area (Å²) in [4.78, 5) is 21.8. The summed E-state index contributed by atoms with van der Waals surface area (Å²) >= 11 is 0. The Morgan fingerprint density at radius 3 is 1.92 bits per heavy atom. The van der Waals surface area contributed by atoms with Crippen molar-refractivity contribution in [2.45, 2.75) is 40.5 Å². The Balaban J connectivity index is 0.000000307. The minimum Gasteiger partial charge on any atom is -0.478 e. The van der Waals surface area contributed by atoms with Crippen LogP contribution >= 0.6 is 0 Å². The van der Waals surface area contributed by atoms with E-state index in [1.165, 1.54) is 45.6 Å². The van der Waals surface area contributed by atoms with E-state index in [2.05, 4.69) is 37.9 Å². The van der Waals surface area contributed by atoms with Crippen LogP contribution in [0.4, 0.5) is 0 Å². The third-order valence-corrected chi connectivity index (χ3v) is 4.56.